The summed E-state index contributed by atoms with van der Waals surface area (Å²) in [5.41, 5.74) is -0.382. The highest BCUT2D eigenvalue weighted by Crippen LogP contribution is 2.42. The van der Waals surface area contributed by atoms with E-state index in [1.807, 2.05) is 0 Å². The Bertz CT molecular complexity index is 954. The van der Waals surface area contributed by atoms with E-state index in [4.69, 9.17) is 37.8 Å². The molecule has 0 fully saturated rings. The molecule has 1 N–H and O–H groups in total. The van der Waals surface area contributed by atoms with Crippen molar-refractivity contribution >= 4 is 35.2 Å². The Morgan fingerprint density at radius 2 is 1.89 bits per heavy atom. The van der Waals surface area contributed by atoms with Crippen molar-refractivity contribution in [2.45, 2.75) is 19.2 Å². The number of alkyl halides is 3. The Morgan fingerprint density at radius 3 is 2.48 bits per heavy atom. The summed E-state index contributed by atoms with van der Waals surface area (Å²) in [5, 5.41) is 9.65. The second-order valence-corrected chi connectivity index (χ2v) is 6.54. The molecule has 3 rings (SSSR count). The molecule has 2 aromatic carbocycles. The third-order valence-electron chi connectivity index (χ3n) is 3.88. The summed E-state index contributed by atoms with van der Waals surface area (Å²) in [5.74, 6) is -1.23. The van der Waals surface area contributed by atoms with Crippen LogP contribution >= 0.6 is 23.2 Å². The minimum absolute atomic E-state index is 0.0973. The Morgan fingerprint density at radius 1 is 1.19 bits per heavy atom. The lowest BCUT2D eigenvalue weighted by Crippen LogP contribution is -2.40. The quantitative estimate of drug-likeness (QED) is 0.675. The number of hydrogen-bond acceptors (Lipinski definition) is 3. The molecule has 0 spiro atoms. The maximum absolute atomic E-state index is 13.2. The van der Waals surface area contributed by atoms with Crippen molar-refractivity contribution in [2.24, 2.45) is 0 Å². The predicted octanol–water partition coefficient (Wildman–Crippen LogP) is 5.89. The summed E-state index contributed by atoms with van der Waals surface area (Å²) >= 11 is 11.8. The molecule has 0 amide bonds. The lowest BCUT2D eigenvalue weighted by molar-refractivity contribution is -0.187. The normalized spacial score (nSPS) is 16.2. The minimum atomic E-state index is -4.88. The van der Waals surface area contributed by atoms with Crippen molar-refractivity contribution in [1.82, 2.24) is 0 Å². The molecule has 9 heteroatoms. The van der Waals surface area contributed by atoms with E-state index < -0.39 is 23.8 Å². The van der Waals surface area contributed by atoms with Gasteiger partial charge in [-0.05, 0) is 37.3 Å². The van der Waals surface area contributed by atoms with Crippen LogP contribution in [0.25, 0.3) is 6.08 Å². The summed E-state index contributed by atoms with van der Waals surface area (Å²) in [6.45, 7) is 1.51. The standard InChI is InChI=1S/C18H11Cl2F3O4/c1-8-14(26-10-3-4-12(19)13(20)7-10)5-2-9-6-11(17(24)25)16(18(21,22)23)27-15(8)9/h2-7,16H,1H3,(H,24,25). The maximum Gasteiger partial charge on any atom is 0.430 e. The zero-order valence-corrected chi connectivity index (χ0v) is 15.1. The van der Waals surface area contributed by atoms with Crippen LogP contribution in [0.2, 0.25) is 10.0 Å². The van der Waals surface area contributed by atoms with Crippen molar-refractivity contribution in [3.63, 3.8) is 0 Å². The van der Waals surface area contributed by atoms with Crippen LogP contribution in [0.1, 0.15) is 11.1 Å². The first-order valence-electron chi connectivity index (χ1n) is 7.52. The minimum Gasteiger partial charge on any atom is -0.478 e. The number of carboxylic acid groups (broad SMARTS) is 1. The number of hydrogen-bond donors (Lipinski definition) is 1. The van der Waals surface area contributed by atoms with Crippen LogP contribution < -0.4 is 9.47 Å². The van der Waals surface area contributed by atoms with Gasteiger partial charge in [-0.1, -0.05) is 23.2 Å². The Balaban J connectivity index is 2.02. The van der Waals surface area contributed by atoms with E-state index in [2.05, 4.69) is 0 Å². The monoisotopic (exact) mass is 418 g/mol. The van der Waals surface area contributed by atoms with Crippen LogP contribution in [0.15, 0.2) is 35.9 Å². The fourth-order valence-corrected chi connectivity index (χ4v) is 2.87. The van der Waals surface area contributed by atoms with E-state index in [-0.39, 0.29) is 27.6 Å². The molecule has 1 heterocycles. The zero-order chi connectivity index (χ0) is 19.9. The lowest BCUT2D eigenvalue weighted by Gasteiger charge is -2.28. The molecule has 0 bridgehead atoms. The molecular formula is C18H11Cl2F3O4. The van der Waals surface area contributed by atoms with E-state index in [1.165, 1.54) is 31.2 Å². The van der Waals surface area contributed by atoms with Crippen molar-refractivity contribution in [3.8, 4) is 17.2 Å². The molecular weight excluding hydrogens is 408 g/mol. The molecule has 1 aliphatic heterocycles. The number of carbonyl (C=O) groups is 1. The van der Waals surface area contributed by atoms with Crippen LogP contribution in [0, 0.1) is 6.92 Å². The van der Waals surface area contributed by atoms with Gasteiger partial charge in [0.15, 0.2) is 0 Å². The summed E-state index contributed by atoms with van der Waals surface area (Å²) in [6, 6.07) is 7.46. The van der Waals surface area contributed by atoms with Gasteiger partial charge in [-0.15, -0.1) is 0 Å². The first kappa shape index (κ1) is 19.4. The number of benzene rings is 2. The van der Waals surface area contributed by atoms with Crippen molar-refractivity contribution in [1.29, 1.82) is 0 Å². The smallest absolute Gasteiger partial charge is 0.430 e. The molecule has 142 valence electrons. The molecule has 4 nitrogen and oxygen atoms in total. The SMILES string of the molecule is Cc1c(Oc2ccc(Cl)c(Cl)c2)ccc2c1OC(C(F)(F)F)C(C(=O)O)=C2. The fourth-order valence-electron chi connectivity index (χ4n) is 2.58. The highest BCUT2D eigenvalue weighted by Gasteiger charge is 2.48. The average molecular weight is 419 g/mol. The highest BCUT2D eigenvalue weighted by molar-refractivity contribution is 6.42. The van der Waals surface area contributed by atoms with Gasteiger partial charge in [0.1, 0.15) is 17.2 Å². The van der Waals surface area contributed by atoms with Gasteiger partial charge >= 0.3 is 12.1 Å². The predicted molar refractivity (Wildman–Crippen MR) is 93.8 cm³/mol. The molecule has 1 unspecified atom stereocenters. The Kier molecular flexibility index (Phi) is 5.01. The third kappa shape index (κ3) is 3.84. The summed E-state index contributed by atoms with van der Waals surface area (Å²) in [7, 11) is 0. The number of rotatable bonds is 3. The van der Waals surface area contributed by atoms with Gasteiger partial charge in [-0.25, -0.2) is 4.79 Å². The van der Waals surface area contributed by atoms with E-state index in [9.17, 15) is 18.0 Å². The number of fused-ring (bicyclic) bond motifs is 1. The summed E-state index contributed by atoms with van der Waals surface area (Å²) < 4.78 is 50.3. The molecule has 0 radical (unpaired) electrons. The van der Waals surface area contributed by atoms with E-state index >= 15 is 0 Å². The molecule has 2 aromatic rings. The molecule has 0 aromatic heterocycles. The second kappa shape index (κ2) is 6.98. The number of aliphatic carboxylic acids is 1. The third-order valence-corrected chi connectivity index (χ3v) is 4.62. The van der Waals surface area contributed by atoms with Gasteiger partial charge in [0.05, 0.1) is 15.6 Å². The van der Waals surface area contributed by atoms with Gasteiger partial charge in [0, 0.05) is 17.2 Å². The number of carboxylic acids is 1. The van der Waals surface area contributed by atoms with E-state index in [1.54, 1.807) is 6.07 Å². The van der Waals surface area contributed by atoms with Crippen LogP contribution in [0.3, 0.4) is 0 Å². The zero-order valence-electron chi connectivity index (χ0n) is 13.6. The topological polar surface area (TPSA) is 55.8 Å². The largest absolute Gasteiger partial charge is 0.478 e. The van der Waals surface area contributed by atoms with Crippen LogP contribution in [-0.4, -0.2) is 23.4 Å². The number of ether oxygens (including phenoxy) is 2. The number of halogens is 5. The van der Waals surface area contributed by atoms with E-state index in [0.29, 0.717) is 10.8 Å². The average Bonchev–Trinajstić information content (AvgIpc) is 2.59. The van der Waals surface area contributed by atoms with Gasteiger partial charge in [-0.2, -0.15) is 13.2 Å². The van der Waals surface area contributed by atoms with Crippen LogP contribution in [0.5, 0.6) is 17.2 Å². The van der Waals surface area contributed by atoms with E-state index in [0.717, 1.165) is 6.08 Å². The molecule has 0 saturated heterocycles. The summed E-state index contributed by atoms with van der Waals surface area (Å²) in [4.78, 5) is 11.2. The van der Waals surface area contributed by atoms with Crippen molar-refractivity contribution < 1.29 is 32.5 Å². The molecule has 27 heavy (non-hydrogen) atoms. The second-order valence-electron chi connectivity index (χ2n) is 5.73. The molecule has 1 aliphatic rings. The van der Waals surface area contributed by atoms with Crippen molar-refractivity contribution in [2.75, 3.05) is 0 Å². The van der Waals surface area contributed by atoms with Gasteiger partial charge < -0.3 is 14.6 Å². The lowest BCUT2D eigenvalue weighted by atomic mass is 9.99. The van der Waals surface area contributed by atoms with Gasteiger partial charge in [0.25, 0.3) is 0 Å². The molecule has 0 saturated carbocycles. The highest BCUT2D eigenvalue weighted by atomic mass is 35.5. The first-order chi connectivity index (χ1) is 12.6. The fraction of sp³-hybridized carbons (Fsp3) is 0.167. The van der Waals surface area contributed by atoms with Crippen molar-refractivity contribution in [3.05, 3.63) is 57.1 Å². The van der Waals surface area contributed by atoms with Gasteiger partial charge in [0.2, 0.25) is 6.10 Å². The van der Waals surface area contributed by atoms with Gasteiger partial charge in [-0.3, -0.25) is 0 Å². The van der Waals surface area contributed by atoms with Crippen LogP contribution in [0.4, 0.5) is 13.2 Å². The van der Waals surface area contributed by atoms with Crippen LogP contribution in [-0.2, 0) is 4.79 Å². The Hall–Kier alpha value is -2.38. The maximum atomic E-state index is 13.2. The molecule has 0 aliphatic carbocycles. The Labute approximate surface area is 161 Å². The first-order valence-corrected chi connectivity index (χ1v) is 8.28. The molecule has 1 atom stereocenters. The summed E-state index contributed by atoms with van der Waals surface area (Å²) in [6.07, 6.45) is -6.49.